The highest BCUT2D eigenvalue weighted by Gasteiger charge is 2.37. The van der Waals surface area contributed by atoms with E-state index in [4.69, 9.17) is 22.9 Å². The number of primary amides is 3. The van der Waals surface area contributed by atoms with Crippen LogP contribution in [0.3, 0.4) is 0 Å². The van der Waals surface area contributed by atoms with Crippen LogP contribution in [0.4, 0.5) is 0 Å². The first-order chi connectivity index (χ1) is 32.9. The van der Waals surface area contributed by atoms with Gasteiger partial charge in [-0.15, -0.1) is 0 Å². The quantitative estimate of drug-likeness (QED) is 0.0515. The van der Waals surface area contributed by atoms with Crippen molar-refractivity contribution in [1.82, 2.24) is 42.1 Å². The molecule has 25 nitrogen and oxygen atoms in total. The minimum absolute atomic E-state index is 0.0241. The molecule has 0 bridgehead atoms. The van der Waals surface area contributed by atoms with Crippen LogP contribution < -0.4 is 60.2 Å². The molecule has 9 atom stereocenters. The van der Waals surface area contributed by atoms with E-state index in [1.165, 1.54) is 12.1 Å². The van der Waals surface area contributed by atoms with Crippen LogP contribution in [0.15, 0.2) is 24.3 Å². The first-order valence-corrected chi connectivity index (χ1v) is 25.2. The number of carbonyl (C=O) groups is 10. The second-order valence-corrected chi connectivity index (χ2v) is 19.8. The third-order valence-electron chi connectivity index (χ3n) is 10.8. The van der Waals surface area contributed by atoms with Crippen molar-refractivity contribution in [2.45, 2.75) is 121 Å². The largest absolute Gasteiger partial charge is 0.508 e. The van der Waals surface area contributed by atoms with Crippen LogP contribution >= 0.6 is 21.6 Å². The maximum atomic E-state index is 14.4. The van der Waals surface area contributed by atoms with Gasteiger partial charge in [0.25, 0.3) is 0 Å². The average Bonchev–Trinajstić information content (AvgIpc) is 3.29. The normalized spacial score (nSPS) is 23.0. The Hall–Kier alpha value is -5.74. The molecule has 1 aliphatic heterocycles. The number of phenols is 1. The summed E-state index contributed by atoms with van der Waals surface area (Å²) in [6, 6.07) is -3.76. The number of amides is 10. The third kappa shape index (κ3) is 21.9. The van der Waals surface area contributed by atoms with E-state index >= 15 is 0 Å². The number of aliphatic hydroxyl groups is 2. The lowest BCUT2D eigenvalue weighted by Gasteiger charge is -2.33. The number of rotatable bonds is 21. The van der Waals surface area contributed by atoms with E-state index in [9.17, 15) is 63.3 Å². The Morgan fingerprint density at radius 3 is 2.06 bits per heavy atom. The van der Waals surface area contributed by atoms with Crippen molar-refractivity contribution in [3.8, 4) is 5.75 Å². The molecule has 70 heavy (non-hydrogen) atoms. The van der Waals surface area contributed by atoms with Crippen LogP contribution in [0.25, 0.3) is 0 Å². The zero-order valence-corrected chi connectivity index (χ0v) is 41.4. The molecule has 18 N–H and O–H groups in total. The summed E-state index contributed by atoms with van der Waals surface area (Å²) in [5, 5.41) is 49.1. The summed E-state index contributed by atoms with van der Waals surface area (Å²) < 4.78 is 0. The van der Waals surface area contributed by atoms with Crippen LogP contribution in [0.5, 0.6) is 5.75 Å². The summed E-state index contributed by atoms with van der Waals surface area (Å²) >= 11 is 0. The lowest BCUT2D eigenvalue weighted by Crippen LogP contribution is -2.62. The van der Waals surface area contributed by atoms with Crippen molar-refractivity contribution in [1.29, 1.82) is 0 Å². The van der Waals surface area contributed by atoms with Gasteiger partial charge < -0.3 is 75.1 Å². The average molecular weight is 1030 g/mol. The minimum atomic E-state index is -1.79. The van der Waals surface area contributed by atoms with Crippen molar-refractivity contribution in [3.05, 3.63) is 29.8 Å². The van der Waals surface area contributed by atoms with Gasteiger partial charge in [0.1, 0.15) is 36.1 Å². The minimum Gasteiger partial charge on any atom is -0.508 e. The van der Waals surface area contributed by atoms with E-state index in [2.05, 4.69) is 37.2 Å². The van der Waals surface area contributed by atoms with Gasteiger partial charge in [-0.05, 0) is 55.2 Å². The summed E-state index contributed by atoms with van der Waals surface area (Å²) in [7, 11) is 1.98. The number of benzene rings is 1. The van der Waals surface area contributed by atoms with Crippen molar-refractivity contribution in [2.75, 3.05) is 37.7 Å². The van der Waals surface area contributed by atoms with Gasteiger partial charge in [0.2, 0.25) is 59.1 Å². The van der Waals surface area contributed by atoms with Crippen molar-refractivity contribution in [2.24, 2.45) is 34.8 Å². The Kier molecular flexibility index (Phi) is 26.5. The fraction of sp³-hybridized carbons (Fsp3) is 0.628. The number of aromatic hydroxyl groups is 1. The van der Waals surface area contributed by atoms with Crippen molar-refractivity contribution >= 4 is 80.7 Å². The number of nitrogens with one attached hydrogen (secondary N) is 7. The van der Waals surface area contributed by atoms with Gasteiger partial charge in [0, 0.05) is 31.1 Å². The Morgan fingerprint density at radius 1 is 0.843 bits per heavy atom. The van der Waals surface area contributed by atoms with Gasteiger partial charge >= 0.3 is 0 Å². The van der Waals surface area contributed by atoms with Crippen LogP contribution in [-0.2, 0) is 54.4 Å². The molecule has 0 spiro atoms. The number of hydrogen-bond donors (Lipinski definition) is 14. The van der Waals surface area contributed by atoms with Gasteiger partial charge in [-0.3, -0.25) is 53.3 Å². The Morgan fingerprint density at radius 2 is 1.47 bits per heavy atom. The molecule has 0 saturated carbocycles. The molecular formula is C43H70N12O13S2. The number of nitrogens with zero attached hydrogens (tertiary/aromatic N) is 1. The Labute approximate surface area is 414 Å². The number of carbonyl (C=O) groups excluding carboxylic acids is 10. The van der Waals surface area contributed by atoms with Crippen LogP contribution in [-0.4, -0.2) is 166 Å². The molecule has 1 fully saturated rings. The molecule has 1 aromatic rings. The zero-order valence-electron chi connectivity index (χ0n) is 39.8. The summed E-state index contributed by atoms with van der Waals surface area (Å²) in [6.45, 7) is 5.13. The molecular weight excluding hydrogens is 957 g/mol. The molecule has 0 aliphatic carbocycles. The van der Waals surface area contributed by atoms with Gasteiger partial charge in [-0.1, -0.05) is 67.8 Å². The second-order valence-electron chi connectivity index (χ2n) is 17.3. The molecule has 1 aromatic carbocycles. The summed E-state index contributed by atoms with van der Waals surface area (Å²) in [5.74, 6) is -10.0. The van der Waals surface area contributed by atoms with E-state index < -0.39 is 152 Å². The van der Waals surface area contributed by atoms with Gasteiger partial charge in [0.15, 0.2) is 0 Å². The molecule has 0 aromatic heterocycles. The SMILES string of the molecule is CC[C@H](C)[C@@H]1NC(O)[C@H](Cc2ccc(O)cc2)NC(=O)[C@@H](N)CSSC[C@@H](C(=O)N(CCCO)CC(=O)N[C@@H](CC(C)C)C(=O)NCC(N)=O)NC(=O)[C@H](CC(N)=O)NC(=O)[C@H](CCC(N)=O)NC1=O. The molecule has 1 heterocycles. The fourth-order valence-electron chi connectivity index (χ4n) is 6.87. The number of phenolic OH excluding ortho intramolecular Hbond substituents is 1. The first kappa shape index (κ1) is 60.4. The molecule has 1 aliphatic rings. The lowest BCUT2D eigenvalue weighted by molar-refractivity contribution is -0.140. The van der Waals surface area contributed by atoms with Crippen LogP contribution in [0.1, 0.15) is 71.8 Å². The highest BCUT2D eigenvalue weighted by atomic mass is 33.1. The zero-order chi connectivity index (χ0) is 52.7. The summed E-state index contributed by atoms with van der Waals surface area (Å²) in [5.41, 5.74) is 23.0. The Balaban J connectivity index is 2.67. The maximum Gasteiger partial charge on any atom is 0.246 e. The van der Waals surface area contributed by atoms with Crippen molar-refractivity contribution < 1.29 is 63.3 Å². The number of aliphatic hydroxyl groups excluding tert-OH is 2. The maximum absolute atomic E-state index is 14.4. The van der Waals surface area contributed by atoms with Gasteiger partial charge in [-0.2, -0.15) is 0 Å². The molecule has 27 heteroatoms. The van der Waals surface area contributed by atoms with Gasteiger partial charge in [-0.25, -0.2) is 0 Å². The van der Waals surface area contributed by atoms with Gasteiger partial charge in [0.05, 0.1) is 37.6 Å². The van der Waals surface area contributed by atoms with Crippen molar-refractivity contribution in [3.63, 3.8) is 0 Å². The highest BCUT2D eigenvalue weighted by Crippen LogP contribution is 2.24. The molecule has 392 valence electrons. The van der Waals surface area contributed by atoms with E-state index in [1.54, 1.807) is 39.8 Å². The second kappa shape index (κ2) is 30.8. The van der Waals surface area contributed by atoms with Crippen LogP contribution in [0, 0.1) is 11.8 Å². The number of hydrogen-bond acceptors (Lipinski definition) is 17. The summed E-state index contributed by atoms with van der Waals surface area (Å²) in [4.78, 5) is 133. The third-order valence-corrected chi connectivity index (χ3v) is 13.3. The first-order valence-electron chi connectivity index (χ1n) is 22.7. The molecule has 10 amide bonds. The lowest BCUT2D eigenvalue weighted by atomic mass is 9.96. The predicted octanol–water partition coefficient (Wildman–Crippen LogP) is -4.60. The molecule has 1 saturated heterocycles. The fourth-order valence-corrected chi connectivity index (χ4v) is 9.15. The summed E-state index contributed by atoms with van der Waals surface area (Å²) in [6.07, 6.45) is -2.87. The van der Waals surface area contributed by atoms with E-state index in [0.29, 0.717) is 12.0 Å². The molecule has 1 unspecified atom stereocenters. The topological polar surface area (TPSA) is 423 Å². The van der Waals surface area contributed by atoms with E-state index in [-0.39, 0.29) is 49.0 Å². The number of nitrogens with two attached hydrogens (primary N) is 4. The van der Waals surface area contributed by atoms with Crippen LogP contribution in [0.2, 0.25) is 0 Å². The van der Waals surface area contributed by atoms with E-state index in [0.717, 1.165) is 26.5 Å². The monoisotopic (exact) mass is 1030 g/mol. The Bertz CT molecular complexity index is 1970. The predicted molar refractivity (Wildman–Crippen MR) is 259 cm³/mol. The van der Waals surface area contributed by atoms with E-state index in [1.807, 2.05) is 0 Å². The molecule has 2 rings (SSSR count). The molecule has 0 radical (unpaired) electrons. The highest BCUT2D eigenvalue weighted by molar-refractivity contribution is 8.76. The standard InChI is InChI=1S/C43H70N12O13S2/c1-5-23(4)36-42(67)50-27(11-12-32(45)58)39(64)52-30(17-33(46)59)40(65)53-31(21-70-69-20-26(44)37(62)51-29(41(66)54-36)16-24-7-9-25(57)10-8-24)43(68)55(13-6-14-56)19-35(61)49-28(15-22(2)3)38(63)48-18-34(47)60/h7-10,22-23,26-31,36,41,54,56-57,66H,5-6,11-21,44H2,1-4H3,(H2,45,58)(H2,46,59)(H2,47,60)(H,48,63)(H,49,61)(H,50,67)(H,51,62)(H,52,64)(H,53,65)/t23-,26-,27-,28-,29-,30-,31-,36-,41?/m0/s1. The smallest absolute Gasteiger partial charge is 0.246 e.